The lowest BCUT2D eigenvalue weighted by molar-refractivity contribution is 0.395. The fourth-order valence-corrected chi connectivity index (χ4v) is 4.47. The molecule has 0 saturated carbocycles. The number of pyridine rings is 2. The normalized spacial score (nSPS) is 13.9. The Kier molecular flexibility index (Phi) is 6.06. The number of anilines is 2. The van der Waals surface area contributed by atoms with Crippen molar-refractivity contribution in [1.29, 1.82) is 0 Å². The van der Waals surface area contributed by atoms with Crippen molar-refractivity contribution in [2.24, 2.45) is 0 Å². The van der Waals surface area contributed by atoms with E-state index in [1.807, 2.05) is 35.0 Å². The van der Waals surface area contributed by atoms with Crippen LogP contribution in [-0.4, -0.2) is 61.9 Å². The summed E-state index contributed by atoms with van der Waals surface area (Å²) in [5.41, 5.74) is 3.61. The zero-order valence-electron chi connectivity index (χ0n) is 19.4. The second-order valence-electron chi connectivity index (χ2n) is 7.99. The predicted molar refractivity (Wildman–Crippen MR) is 134 cm³/mol. The zero-order chi connectivity index (χ0) is 23.7. The minimum atomic E-state index is 0.514. The third-order valence-electron chi connectivity index (χ3n) is 6.12. The number of ether oxygens (including phenoxy) is 3. The van der Waals surface area contributed by atoms with Gasteiger partial charge in [-0.3, -0.25) is 0 Å². The number of piperazine rings is 1. The van der Waals surface area contributed by atoms with Crippen LogP contribution in [0.2, 0.25) is 5.02 Å². The highest BCUT2D eigenvalue weighted by molar-refractivity contribution is 6.32. The van der Waals surface area contributed by atoms with Crippen molar-refractivity contribution in [2.75, 3.05) is 57.3 Å². The number of hydrogen-bond donors (Lipinski definition) is 0. The number of benzene rings is 1. The van der Waals surface area contributed by atoms with Crippen molar-refractivity contribution in [3.8, 4) is 28.5 Å². The van der Waals surface area contributed by atoms with Gasteiger partial charge < -0.3 is 28.4 Å². The molecule has 0 spiro atoms. The van der Waals surface area contributed by atoms with Crippen LogP contribution in [0.3, 0.4) is 0 Å². The number of hydrogen-bond acceptors (Lipinski definition) is 7. The Balaban J connectivity index is 1.35. The van der Waals surface area contributed by atoms with Crippen LogP contribution in [0.15, 0.2) is 55.0 Å². The summed E-state index contributed by atoms with van der Waals surface area (Å²) in [5.74, 6) is 2.97. The van der Waals surface area contributed by atoms with Gasteiger partial charge in [0.1, 0.15) is 28.7 Å². The SMILES string of the molecule is COc1ccc(N2CCN(c3ccn4cc(-c5cc(Cl)c(OC)cc5OC)nc4c3)CC2)nc1. The van der Waals surface area contributed by atoms with Crippen molar-refractivity contribution in [1.82, 2.24) is 14.4 Å². The molecule has 5 rings (SSSR count). The van der Waals surface area contributed by atoms with E-state index in [9.17, 15) is 0 Å². The lowest BCUT2D eigenvalue weighted by atomic mass is 10.1. The summed E-state index contributed by atoms with van der Waals surface area (Å²) in [6, 6.07) is 11.8. The quantitative estimate of drug-likeness (QED) is 0.406. The Bertz CT molecular complexity index is 1300. The van der Waals surface area contributed by atoms with E-state index in [2.05, 4.69) is 26.9 Å². The monoisotopic (exact) mass is 479 g/mol. The van der Waals surface area contributed by atoms with Gasteiger partial charge in [-0.15, -0.1) is 0 Å². The average molecular weight is 480 g/mol. The first kappa shape index (κ1) is 22.2. The van der Waals surface area contributed by atoms with E-state index in [-0.39, 0.29) is 0 Å². The molecular formula is C25H26ClN5O3. The topological polar surface area (TPSA) is 64.4 Å². The Morgan fingerprint density at radius 1 is 0.853 bits per heavy atom. The molecule has 3 aromatic heterocycles. The minimum Gasteiger partial charge on any atom is -0.496 e. The van der Waals surface area contributed by atoms with Gasteiger partial charge in [0.15, 0.2) is 0 Å². The molecule has 1 aromatic carbocycles. The summed E-state index contributed by atoms with van der Waals surface area (Å²) in [4.78, 5) is 14.0. The van der Waals surface area contributed by atoms with Crippen LogP contribution in [0.1, 0.15) is 0 Å². The molecule has 1 aliphatic rings. The Morgan fingerprint density at radius 3 is 2.29 bits per heavy atom. The molecule has 0 unspecified atom stereocenters. The molecule has 9 heteroatoms. The molecule has 1 aliphatic heterocycles. The van der Waals surface area contributed by atoms with E-state index in [0.717, 1.165) is 60.3 Å². The first-order valence-electron chi connectivity index (χ1n) is 11.0. The molecule has 1 fully saturated rings. The van der Waals surface area contributed by atoms with E-state index >= 15 is 0 Å². The highest BCUT2D eigenvalue weighted by Crippen LogP contribution is 2.38. The molecule has 0 radical (unpaired) electrons. The lowest BCUT2D eigenvalue weighted by Gasteiger charge is -2.36. The number of nitrogens with zero attached hydrogens (tertiary/aromatic N) is 5. The van der Waals surface area contributed by atoms with E-state index < -0.39 is 0 Å². The van der Waals surface area contributed by atoms with Crippen LogP contribution in [0, 0.1) is 0 Å². The largest absolute Gasteiger partial charge is 0.496 e. The molecule has 1 saturated heterocycles. The summed E-state index contributed by atoms with van der Waals surface area (Å²) in [6.07, 6.45) is 5.78. The highest BCUT2D eigenvalue weighted by Gasteiger charge is 2.20. The number of halogens is 1. The maximum Gasteiger partial charge on any atom is 0.141 e. The summed E-state index contributed by atoms with van der Waals surface area (Å²) < 4.78 is 18.1. The van der Waals surface area contributed by atoms with Gasteiger partial charge in [0, 0.05) is 62.0 Å². The summed E-state index contributed by atoms with van der Waals surface area (Å²) in [7, 11) is 4.86. The number of rotatable bonds is 6. The standard InChI is InChI=1S/C25H26ClN5O3/c1-32-18-4-5-24(27-15-18)30-10-8-29(9-11-30)17-6-7-31-16-21(28-25(31)12-17)19-13-20(26)23(34-3)14-22(19)33-2/h4-7,12-16H,8-11H2,1-3H3. The molecule has 0 bridgehead atoms. The third-order valence-corrected chi connectivity index (χ3v) is 6.41. The second kappa shape index (κ2) is 9.30. The predicted octanol–water partition coefficient (Wildman–Crippen LogP) is 4.40. The molecule has 0 atom stereocenters. The summed E-state index contributed by atoms with van der Waals surface area (Å²) in [6.45, 7) is 3.59. The second-order valence-corrected chi connectivity index (χ2v) is 8.40. The average Bonchev–Trinajstić information content (AvgIpc) is 3.32. The molecule has 0 N–H and O–H groups in total. The fraction of sp³-hybridized carbons (Fsp3) is 0.280. The van der Waals surface area contributed by atoms with E-state index in [1.54, 1.807) is 33.6 Å². The van der Waals surface area contributed by atoms with E-state index in [4.69, 9.17) is 30.8 Å². The molecule has 34 heavy (non-hydrogen) atoms. The molecular weight excluding hydrogens is 454 g/mol. The van der Waals surface area contributed by atoms with Crippen LogP contribution < -0.4 is 24.0 Å². The summed E-state index contributed by atoms with van der Waals surface area (Å²) in [5, 5.41) is 0.514. The molecule has 176 valence electrons. The van der Waals surface area contributed by atoms with Crippen LogP contribution in [0.5, 0.6) is 17.2 Å². The van der Waals surface area contributed by atoms with Crippen molar-refractivity contribution in [2.45, 2.75) is 0 Å². The van der Waals surface area contributed by atoms with Gasteiger partial charge in [-0.1, -0.05) is 11.6 Å². The zero-order valence-corrected chi connectivity index (χ0v) is 20.1. The summed E-state index contributed by atoms with van der Waals surface area (Å²) >= 11 is 6.37. The number of methoxy groups -OCH3 is 3. The van der Waals surface area contributed by atoms with Crippen molar-refractivity contribution in [3.05, 3.63) is 60.0 Å². The maximum absolute atomic E-state index is 6.37. The van der Waals surface area contributed by atoms with Crippen LogP contribution in [0.25, 0.3) is 16.9 Å². The first-order chi connectivity index (χ1) is 16.6. The van der Waals surface area contributed by atoms with Crippen LogP contribution in [0.4, 0.5) is 11.5 Å². The van der Waals surface area contributed by atoms with Crippen LogP contribution in [-0.2, 0) is 0 Å². The Labute approximate surface area is 203 Å². The van der Waals surface area contributed by atoms with Crippen LogP contribution >= 0.6 is 11.6 Å². The van der Waals surface area contributed by atoms with E-state index in [0.29, 0.717) is 16.5 Å². The van der Waals surface area contributed by atoms with Gasteiger partial charge in [-0.05, 0) is 24.3 Å². The van der Waals surface area contributed by atoms with Gasteiger partial charge >= 0.3 is 0 Å². The first-order valence-corrected chi connectivity index (χ1v) is 11.4. The van der Waals surface area contributed by atoms with Gasteiger partial charge in [0.05, 0.1) is 38.2 Å². The van der Waals surface area contributed by atoms with Gasteiger partial charge in [0.2, 0.25) is 0 Å². The third kappa shape index (κ3) is 4.17. The fourth-order valence-electron chi connectivity index (χ4n) is 4.23. The Hall–Kier alpha value is -3.65. The van der Waals surface area contributed by atoms with Gasteiger partial charge in [-0.25, -0.2) is 9.97 Å². The molecule has 0 aliphatic carbocycles. The highest BCUT2D eigenvalue weighted by atomic mass is 35.5. The van der Waals surface area contributed by atoms with Crippen molar-refractivity contribution < 1.29 is 14.2 Å². The number of fused-ring (bicyclic) bond motifs is 1. The van der Waals surface area contributed by atoms with E-state index in [1.165, 1.54) is 0 Å². The molecule has 0 amide bonds. The molecule has 4 aromatic rings. The Morgan fingerprint density at radius 2 is 1.62 bits per heavy atom. The molecule has 8 nitrogen and oxygen atoms in total. The van der Waals surface area contributed by atoms with Crippen molar-refractivity contribution in [3.63, 3.8) is 0 Å². The number of imidazole rings is 1. The molecule has 4 heterocycles. The number of aromatic nitrogens is 3. The van der Waals surface area contributed by atoms with Gasteiger partial charge in [-0.2, -0.15) is 0 Å². The van der Waals surface area contributed by atoms with Crippen molar-refractivity contribution >= 4 is 28.8 Å². The maximum atomic E-state index is 6.37. The smallest absolute Gasteiger partial charge is 0.141 e. The van der Waals surface area contributed by atoms with Gasteiger partial charge in [0.25, 0.3) is 0 Å². The lowest BCUT2D eigenvalue weighted by Crippen LogP contribution is -2.46. The minimum absolute atomic E-state index is 0.514.